The molecule has 0 radical (unpaired) electrons. The molecule has 1 heterocycles. The molecule has 4 N–H and O–H groups in total. The van der Waals surface area contributed by atoms with Crippen LogP contribution in [0, 0.1) is 0 Å². The number of carbonyl (C=O) groups is 2. The Morgan fingerprint density at radius 2 is 1.86 bits per heavy atom. The van der Waals surface area contributed by atoms with Crippen LogP contribution in [0.2, 0.25) is 0 Å². The zero-order valence-electron chi connectivity index (χ0n) is 11.9. The molecule has 2 rings (SSSR count). The van der Waals surface area contributed by atoms with Crippen molar-refractivity contribution in [3.8, 4) is 0 Å². The number of hydrogen-bond donors (Lipinski definition) is 4. The van der Waals surface area contributed by atoms with E-state index >= 15 is 0 Å². The molecule has 118 valence electrons. The maximum atomic E-state index is 11.9. The monoisotopic (exact) mass is 324 g/mol. The first-order chi connectivity index (χ1) is 10.5. The molecule has 0 saturated carbocycles. The number of hydrogen-bond acceptors (Lipinski definition) is 7. The Kier molecular flexibility index (Phi) is 5.01. The minimum atomic E-state index is -1.21. The summed E-state index contributed by atoms with van der Waals surface area (Å²) in [4.78, 5) is 23.8. The smallest absolute Gasteiger partial charge is 0.313 e. The summed E-state index contributed by atoms with van der Waals surface area (Å²) in [6.45, 7) is 0.763. The van der Waals surface area contributed by atoms with Crippen molar-refractivity contribution in [2.75, 3.05) is 18.5 Å². The third-order valence-corrected chi connectivity index (χ3v) is 3.94. The van der Waals surface area contributed by atoms with Gasteiger partial charge in [0, 0.05) is 5.69 Å². The van der Waals surface area contributed by atoms with E-state index < -0.39 is 30.6 Å². The van der Waals surface area contributed by atoms with E-state index in [1.165, 1.54) is 0 Å². The van der Waals surface area contributed by atoms with Crippen molar-refractivity contribution in [3.05, 3.63) is 18.2 Å². The Labute approximate surface area is 130 Å². The van der Waals surface area contributed by atoms with Crippen LogP contribution in [0.1, 0.15) is 13.3 Å². The van der Waals surface area contributed by atoms with Gasteiger partial charge in [-0.05, 0) is 24.6 Å². The summed E-state index contributed by atoms with van der Waals surface area (Å²) >= 11 is 1.06. The Morgan fingerprint density at radius 1 is 1.18 bits per heavy atom. The van der Waals surface area contributed by atoms with Crippen LogP contribution in [-0.2, 0) is 9.59 Å². The van der Waals surface area contributed by atoms with Crippen LogP contribution >= 0.6 is 11.7 Å². The summed E-state index contributed by atoms with van der Waals surface area (Å²) in [7, 11) is 0. The molecule has 0 atom stereocenters. The van der Waals surface area contributed by atoms with Crippen LogP contribution < -0.4 is 10.6 Å². The molecule has 0 spiro atoms. The second-order valence-electron chi connectivity index (χ2n) is 4.83. The number of amides is 2. The highest BCUT2D eigenvalue weighted by Crippen LogP contribution is 2.17. The van der Waals surface area contributed by atoms with Gasteiger partial charge in [-0.2, -0.15) is 8.75 Å². The van der Waals surface area contributed by atoms with E-state index in [-0.39, 0.29) is 6.42 Å². The lowest BCUT2D eigenvalue weighted by atomic mass is 9.98. The average molecular weight is 324 g/mol. The molecule has 0 aliphatic carbocycles. The molecular formula is C13H16N4O4S. The maximum Gasteiger partial charge on any atom is 0.313 e. The molecule has 22 heavy (non-hydrogen) atoms. The van der Waals surface area contributed by atoms with Gasteiger partial charge in [0.1, 0.15) is 11.0 Å². The number of aliphatic hydroxyl groups is 2. The first-order valence-corrected chi connectivity index (χ1v) is 7.34. The van der Waals surface area contributed by atoms with Gasteiger partial charge in [0.25, 0.3) is 0 Å². The Bertz CT molecular complexity index is 675. The quantitative estimate of drug-likeness (QED) is 0.568. The molecule has 0 saturated heterocycles. The van der Waals surface area contributed by atoms with E-state index in [1.807, 2.05) is 0 Å². The third kappa shape index (κ3) is 3.38. The summed E-state index contributed by atoms with van der Waals surface area (Å²) in [5.74, 6) is -1.82. The molecule has 0 aliphatic rings. The zero-order chi connectivity index (χ0) is 16.2. The molecule has 0 bridgehead atoms. The van der Waals surface area contributed by atoms with E-state index in [2.05, 4.69) is 19.4 Å². The lowest BCUT2D eigenvalue weighted by molar-refractivity contribution is -0.138. The zero-order valence-corrected chi connectivity index (χ0v) is 12.7. The second kappa shape index (κ2) is 6.77. The van der Waals surface area contributed by atoms with Crippen molar-refractivity contribution in [2.45, 2.75) is 18.9 Å². The summed E-state index contributed by atoms with van der Waals surface area (Å²) < 4.78 is 8.08. The van der Waals surface area contributed by atoms with Gasteiger partial charge in [-0.25, -0.2) is 0 Å². The molecule has 2 aromatic rings. The summed E-state index contributed by atoms with van der Waals surface area (Å²) in [6.07, 6.45) is 0.287. The number of aliphatic hydroxyl groups excluding tert-OH is 2. The van der Waals surface area contributed by atoms with Gasteiger partial charge in [0.2, 0.25) is 0 Å². The van der Waals surface area contributed by atoms with Crippen molar-refractivity contribution in [2.24, 2.45) is 0 Å². The molecule has 2 amide bonds. The van der Waals surface area contributed by atoms with Gasteiger partial charge in [0.05, 0.1) is 30.5 Å². The summed E-state index contributed by atoms with van der Waals surface area (Å²) in [6, 6.07) is 4.90. The number of rotatable bonds is 5. The van der Waals surface area contributed by atoms with Crippen LogP contribution in [0.25, 0.3) is 11.0 Å². The average Bonchev–Trinajstić information content (AvgIpc) is 3.00. The summed E-state index contributed by atoms with van der Waals surface area (Å²) in [5, 5.41) is 23.3. The minimum Gasteiger partial charge on any atom is -0.394 e. The lowest BCUT2D eigenvalue weighted by Gasteiger charge is -2.29. The Morgan fingerprint density at radius 3 is 2.50 bits per heavy atom. The van der Waals surface area contributed by atoms with Gasteiger partial charge in [-0.1, -0.05) is 6.92 Å². The van der Waals surface area contributed by atoms with E-state index in [0.29, 0.717) is 16.7 Å². The van der Waals surface area contributed by atoms with Gasteiger partial charge >= 0.3 is 11.8 Å². The van der Waals surface area contributed by atoms with Gasteiger partial charge < -0.3 is 20.8 Å². The van der Waals surface area contributed by atoms with Crippen LogP contribution in [0.5, 0.6) is 0 Å². The van der Waals surface area contributed by atoms with Crippen molar-refractivity contribution in [3.63, 3.8) is 0 Å². The fraction of sp³-hybridized carbons (Fsp3) is 0.385. The SMILES string of the molecule is CCC(CO)(CO)NC(=O)C(=O)Nc1ccc2nsnc2c1. The standard InChI is InChI=1S/C13H16N4O4S/c1-2-13(6-18,7-19)15-12(21)11(20)14-8-3-4-9-10(5-8)17-22-16-9/h3-5,18-19H,2,6-7H2,1H3,(H,14,20)(H,15,21). The Hall–Kier alpha value is -2.10. The van der Waals surface area contributed by atoms with Crippen molar-refractivity contribution in [1.82, 2.24) is 14.1 Å². The highest BCUT2D eigenvalue weighted by Gasteiger charge is 2.31. The fourth-order valence-corrected chi connectivity index (χ4v) is 2.30. The van der Waals surface area contributed by atoms with Gasteiger partial charge in [-0.15, -0.1) is 0 Å². The minimum absolute atomic E-state index is 0.287. The maximum absolute atomic E-state index is 11.9. The first kappa shape index (κ1) is 16.3. The molecule has 0 unspecified atom stereocenters. The van der Waals surface area contributed by atoms with E-state index in [0.717, 1.165) is 11.7 Å². The van der Waals surface area contributed by atoms with Crippen LogP contribution in [0.3, 0.4) is 0 Å². The number of aromatic nitrogens is 2. The molecule has 0 fully saturated rings. The molecule has 0 aliphatic heterocycles. The number of fused-ring (bicyclic) bond motifs is 1. The molecule has 1 aromatic carbocycles. The normalized spacial score (nSPS) is 11.4. The van der Waals surface area contributed by atoms with E-state index in [1.54, 1.807) is 25.1 Å². The van der Waals surface area contributed by atoms with Crippen molar-refractivity contribution < 1.29 is 19.8 Å². The highest BCUT2D eigenvalue weighted by atomic mass is 32.1. The number of carbonyl (C=O) groups excluding carboxylic acids is 2. The molecule has 8 nitrogen and oxygen atoms in total. The highest BCUT2D eigenvalue weighted by molar-refractivity contribution is 7.00. The van der Waals surface area contributed by atoms with Crippen molar-refractivity contribution >= 4 is 40.3 Å². The number of benzene rings is 1. The first-order valence-electron chi connectivity index (χ1n) is 6.61. The summed E-state index contributed by atoms with van der Waals surface area (Å²) in [5.41, 5.74) is 0.530. The van der Waals surface area contributed by atoms with Gasteiger partial charge in [-0.3, -0.25) is 9.59 Å². The van der Waals surface area contributed by atoms with Crippen LogP contribution in [0.4, 0.5) is 5.69 Å². The number of nitrogens with zero attached hydrogens (tertiary/aromatic N) is 2. The Balaban J connectivity index is 2.06. The largest absolute Gasteiger partial charge is 0.394 e. The van der Waals surface area contributed by atoms with E-state index in [4.69, 9.17) is 0 Å². The van der Waals surface area contributed by atoms with Gasteiger partial charge in [0.15, 0.2) is 0 Å². The van der Waals surface area contributed by atoms with Crippen molar-refractivity contribution in [1.29, 1.82) is 0 Å². The van der Waals surface area contributed by atoms with Crippen LogP contribution in [0.15, 0.2) is 18.2 Å². The molecule has 1 aromatic heterocycles. The van der Waals surface area contributed by atoms with E-state index in [9.17, 15) is 19.8 Å². The molecular weight excluding hydrogens is 308 g/mol. The predicted octanol–water partition coefficient (Wildman–Crippen LogP) is -0.121. The number of nitrogens with one attached hydrogen (secondary N) is 2. The second-order valence-corrected chi connectivity index (χ2v) is 5.35. The third-order valence-electron chi connectivity index (χ3n) is 3.38. The van der Waals surface area contributed by atoms with Crippen LogP contribution in [-0.4, -0.2) is 49.5 Å². The topological polar surface area (TPSA) is 124 Å². The molecule has 9 heteroatoms. The number of anilines is 1. The fourth-order valence-electron chi connectivity index (χ4n) is 1.79. The predicted molar refractivity (Wildman–Crippen MR) is 81.4 cm³/mol. The lowest BCUT2D eigenvalue weighted by Crippen LogP contribution is -2.56.